The Morgan fingerprint density at radius 2 is 0.716 bits per heavy atom. The van der Waals surface area contributed by atoms with Gasteiger partial charge in [0.05, 0.1) is 62.1 Å². The second kappa shape index (κ2) is 15.1. The molecule has 5 heteroatoms. The van der Waals surface area contributed by atoms with Crippen molar-refractivity contribution in [3.05, 3.63) is 236 Å². The fourth-order valence-electron chi connectivity index (χ4n) is 10.6. The lowest BCUT2D eigenvalue weighted by Gasteiger charge is -2.21. The third-order valence-electron chi connectivity index (χ3n) is 13.5. The van der Waals surface area contributed by atoms with Gasteiger partial charge in [0.25, 0.3) is 0 Å². The second-order valence-electron chi connectivity index (χ2n) is 17.1. The van der Waals surface area contributed by atoms with Gasteiger partial charge in [-0.25, -0.2) is 0 Å². The van der Waals surface area contributed by atoms with Gasteiger partial charge in [0.15, 0.2) is 0 Å². The number of nitriles is 2. The van der Waals surface area contributed by atoms with Crippen LogP contribution in [0.5, 0.6) is 0 Å². The summed E-state index contributed by atoms with van der Waals surface area (Å²) in [5.41, 5.74) is 16.5. The summed E-state index contributed by atoms with van der Waals surface area (Å²) in [4.78, 5) is 0. The maximum atomic E-state index is 10.5. The second-order valence-corrected chi connectivity index (χ2v) is 17.1. The summed E-state index contributed by atoms with van der Waals surface area (Å²) in [5, 5.41) is 27.7. The molecule has 5 nitrogen and oxygen atoms in total. The van der Waals surface area contributed by atoms with Crippen LogP contribution in [-0.4, -0.2) is 13.7 Å². The van der Waals surface area contributed by atoms with Gasteiger partial charge in [0.1, 0.15) is 0 Å². The largest absolute Gasteiger partial charge is 0.309 e. The summed E-state index contributed by atoms with van der Waals surface area (Å²) in [6, 6.07) is 83.9. The number of nitrogens with zero attached hydrogens (tertiary/aromatic N) is 5. The van der Waals surface area contributed by atoms with E-state index in [0.717, 1.165) is 94.3 Å². The lowest BCUT2D eigenvalue weighted by Crippen LogP contribution is -2.01. The van der Waals surface area contributed by atoms with Crippen molar-refractivity contribution in [2.24, 2.45) is 0 Å². The van der Waals surface area contributed by atoms with Crippen molar-refractivity contribution in [1.82, 2.24) is 13.7 Å². The molecule has 0 aliphatic rings. The van der Waals surface area contributed by atoms with Crippen LogP contribution in [0, 0.1) is 22.7 Å². The Labute approximate surface area is 386 Å². The van der Waals surface area contributed by atoms with Gasteiger partial charge >= 0.3 is 0 Å². The van der Waals surface area contributed by atoms with Gasteiger partial charge in [-0.1, -0.05) is 133 Å². The molecule has 310 valence electrons. The zero-order chi connectivity index (χ0) is 44.6. The predicted molar refractivity (Wildman–Crippen MR) is 275 cm³/mol. The third kappa shape index (κ3) is 5.86. The lowest BCUT2D eigenvalue weighted by molar-refractivity contribution is 1.16. The summed E-state index contributed by atoms with van der Waals surface area (Å²) in [5.74, 6) is 0. The Morgan fingerprint density at radius 1 is 0.284 bits per heavy atom. The Kier molecular flexibility index (Phi) is 8.58. The molecule has 0 N–H and O–H groups in total. The molecule has 0 spiro atoms. The quantitative estimate of drug-likeness (QED) is 0.167. The first-order valence-electron chi connectivity index (χ1n) is 22.5. The van der Waals surface area contributed by atoms with E-state index in [4.69, 9.17) is 0 Å². The fraction of sp³-hybridized carbons (Fsp3) is 0. The third-order valence-corrected chi connectivity index (χ3v) is 13.5. The van der Waals surface area contributed by atoms with Crippen LogP contribution in [0.4, 0.5) is 0 Å². The van der Waals surface area contributed by atoms with Crippen molar-refractivity contribution in [3.63, 3.8) is 0 Å². The Morgan fingerprint density at radius 3 is 1.18 bits per heavy atom. The highest BCUT2D eigenvalue weighted by molar-refractivity contribution is 6.14. The van der Waals surface area contributed by atoms with E-state index in [1.807, 2.05) is 30.3 Å². The van der Waals surface area contributed by atoms with E-state index in [-0.39, 0.29) is 0 Å². The van der Waals surface area contributed by atoms with Gasteiger partial charge in [0.2, 0.25) is 0 Å². The van der Waals surface area contributed by atoms with Crippen LogP contribution in [0.15, 0.2) is 224 Å². The Hall–Kier alpha value is -9.42. The van der Waals surface area contributed by atoms with Crippen LogP contribution in [0.3, 0.4) is 0 Å². The highest BCUT2D eigenvalue weighted by atomic mass is 15.0. The van der Waals surface area contributed by atoms with Gasteiger partial charge in [-0.05, 0) is 113 Å². The summed E-state index contributed by atoms with van der Waals surface area (Å²) < 4.78 is 7.21. The standard InChI is InChI=1S/C62H37N5/c63-38-40-27-28-43(39-64)50(33-40)53-36-52(42-17-5-2-6-18-42)62(37-51(53)41-15-3-1-4-16-41)67-60-31-29-44(65-56-23-11-7-19-46(56)47-20-8-12-24-57(47)65)34-54(60)55-35-45(30-32-61(55)67)66-58-25-13-9-21-48(58)49-22-10-14-26-59(49)66/h1-37H. The van der Waals surface area contributed by atoms with Crippen molar-refractivity contribution < 1.29 is 0 Å². The molecular weight excluding hydrogens is 815 g/mol. The number of rotatable bonds is 6. The lowest BCUT2D eigenvalue weighted by atomic mass is 9.87. The molecule has 3 aromatic heterocycles. The van der Waals surface area contributed by atoms with Gasteiger partial charge in [0, 0.05) is 54.8 Å². The molecule has 0 saturated heterocycles. The average Bonchev–Trinajstić information content (AvgIpc) is 4.04. The molecule has 0 radical (unpaired) electrons. The van der Waals surface area contributed by atoms with E-state index < -0.39 is 0 Å². The maximum Gasteiger partial charge on any atom is 0.0998 e. The van der Waals surface area contributed by atoms with E-state index in [0.29, 0.717) is 11.1 Å². The minimum atomic E-state index is 0.499. The van der Waals surface area contributed by atoms with Gasteiger partial charge in [-0.15, -0.1) is 0 Å². The summed E-state index contributed by atoms with van der Waals surface area (Å²) >= 11 is 0. The van der Waals surface area contributed by atoms with E-state index in [2.05, 4.69) is 208 Å². The first-order valence-corrected chi connectivity index (χ1v) is 22.5. The minimum absolute atomic E-state index is 0.499. The van der Waals surface area contributed by atoms with Crippen LogP contribution < -0.4 is 0 Å². The minimum Gasteiger partial charge on any atom is -0.309 e. The zero-order valence-electron chi connectivity index (χ0n) is 36.1. The van der Waals surface area contributed by atoms with Crippen LogP contribution in [-0.2, 0) is 0 Å². The van der Waals surface area contributed by atoms with Crippen LogP contribution in [0.1, 0.15) is 11.1 Å². The van der Waals surface area contributed by atoms with E-state index in [1.165, 1.54) is 21.5 Å². The maximum absolute atomic E-state index is 10.5. The number of hydrogen-bond acceptors (Lipinski definition) is 2. The topological polar surface area (TPSA) is 62.4 Å². The van der Waals surface area contributed by atoms with Crippen LogP contribution in [0.25, 0.3) is 116 Å². The molecule has 0 aliphatic carbocycles. The first kappa shape index (κ1) is 38.1. The van der Waals surface area contributed by atoms with Crippen molar-refractivity contribution in [2.45, 2.75) is 0 Å². The summed E-state index contributed by atoms with van der Waals surface area (Å²) in [6.45, 7) is 0. The molecule has 0 amide bonds. The van der Waals surface area contributed by atoms with Crippen molar-refractivity contribution in [2.75, 3.05) is 0 Å². The van der Waals surface area contributed by atoms with Gasteiger partial charge in [-0.3, -0.25) is 0 Å². The highest BCUT2D eigenvalue weighted by Crippen LogP contribution is 2.45. The molecule has 13 rings (SSSR count). The first-order chi connectivity index (χ1) is 33.2. The molecular formula is C62H37N5. The van der Waals surface area contributed by atoms with Crippen molar-refractivity contribution in [1.29, 1.82) is 10.5 Å². The van der Waals surface area contributed by atoms with E-state index in [1.54, 1.807) is 12.1 Å². The molecule has 0 atom stereocenters. The predicted octanol–water partition coefficient (Wildman–Crippen LogP) is 15.7. The SMILES string of the molecule is N#Cc1ccc(C#N)c(-c2cc(-c3ccccc3)c(-n3c4ccc(-n5c6ccccc6c6ccccc65)cc4c4cc(-n5c6ccccc6c6ccccc65)ccc43)cc2-c2ccccc2)c1. The number of fused-ring (bicyclic) bond motifs is 9. The smallest absolute Gasteiger partial charge is 0.0998 e. The summed E-state index contributed by atoms with van der Waals surface area (Å²) in [7, 11) is 0. The fourth-order valence-corrected chi connectivity index (χ4v) is 10.6. The van der Waals surface area contributed by atoms with Gasteiger partial charge < -0.3 is 13.7 Å². The molecule has 0 fully saturated rings. The normalized spacial score (nSPS) is 11.6. The molecule has 0 saturated carbocycles. The molecule has 0 bridgehead atoms. The summed E-state index contributed by atoms with van der Waals surface area (Å²) in [6.07, 6.45) is 0. The highest BCUT2D eigenvalue weighted by Gasteiger charge is 2.23. The molecule has 10 aromatic carbocycles. The zero-order valence-corrected chi connectivity index (χ0v) is 36.1. The number of hydrogen-bond donors (Lipinski definition) is 0. The monoisotopic (exact) mass is 851 g/mol. The number of aromatic nitrogens is 3. The van der Waals surface area contributed by atoms with Crippen LogP contribution >= 0.6 is 0 Å². The molecule has 13 aromatic rings. The number of benzene rings is 10. The Balaban J connectivity index is 1.16. The van der Waals surface area contributed by atoms with Crippen molar-refractivity contribution in [3.8, 4) is 62.6 Å². The number of para-hydroxylation sites is 4. The molecule has 0 unspecified atom stereocenters. The van der Waals surface area contributed by atoms with E-state index >= 15 is 0 Å². The van der Waals surface area contributed by atoms with Crippen molar-refractivity contribution >= 4 is 65.4 Å². The van der Waals surface area contributed by atoms with Gasteiger partial charge in [-0.2, -0.15) is 10.5 Å². The van der Waals surface area contributed by atoms with E-state index in [9.17, 15) is 10.5 Å². The average molecular weight is 852 g/mol. The molecule has 67 heavy (non-hydrogen) atoms. The molecule has 3 heterocycles. The Bertz CT molecular complexity index is 3950. The molecule has 0 aliphatic heterocycles. The van der Waals surface area contributed by atoms with Crippen LogP contribution in [0.2, 0.25) is 0 Å².